The first-order valence-electron chi connectivity index (χ1n) is 6.58. The summed E-state index contributed by atoms with van der Waals surface area (Å²) in [7, 11) is 0. The quantitative estimate of drug-likeness (QED) is 0.720. The molecule has 0 amide bonds. The van der Waals surface area contributed by atoms with E-state index in [4.69, 9.17) is 10.5 Å². The number of hydrogen-bond donors (Lipinski definition) is 1. The average Bonchev–Trinajstić information content (AvgIpc) is 2.87. The standard InChI is InChI=1S/C16H15BrINO/c17-13-7-11-5-6-20-16(11)12(8-13)9-15(19)10-1-3-14(18)4-2-10/h1-4,7-8,15H,5-6,9,19H2. The number of halogens is 2. The fourth-order valence-electron chi connectivity index (χ4n) is 2.56. The molecule has 20 heavy (non-hydrogen) atoms. The molecule has 0 spiro atoms. The summed E-state index contributed by atoms with van der Waals surface area (Å²) in [6.45, 7) is 0.775. The largest absolute Gasteiger partial charge is 0.493 e. The lowest BCUT2D eigenvalue weighted by molar-refractivity contribution is 0.352. The van der Waals surface area contributed by atoms with E-state index in [9.17, 15) is 0 Å². The molecule has 1 heterocycles. The molecule has 3 rings (SSSR count). The Hall–Kier alpha value is -0.590. The molecule has 0 saturated carbocycles. The molecule has 2 nitrogen and oxygen atoms in total. The van der Waals surface area contributed by atoms with Crippen LogP contribution in [0.5, 0.6) is 5.75 Å². The molecule has 0 bridgehead atoms. The van der Waals surface area contributed by atoms with Crippen LogP contribution in [0.3, 0.4) is 0 Å². The predicted molar refractivity (Wildman–Crippen MR) is 93.1 cm³/mol. The zero-order valence-electron chi connectivity index (χ0n) is 10.9. The maximum atomic E-state index is 6.35. The third-order valence-corrected chi connectivity index (χ3v) is 4.74. The second kappa shape index (κ2) is 6.03. The molecule has 0 aliphatic carbocycles. The Morgan fingerprint density at radius 2 is 2.00 bits per heavy atom. The van der Waals surface area contributed by atoms with E-state index in [0.717, 1.165) is 35.2 Å². The monoisotopic (exact) mass is 443 g/mol. The van der Waals surface area contributed by atoms with Crippen LogP contribution in [0.25, 0.3) is 0 Å². The molecule has 4 heteroatoms. The van der Waals surface area contributed by atoms with Crippen molar-refractivity contribution < 1.29 is 4.74 Å². The highest BCUT2D eigenvalue weighted by Crippen LogP contribution is 2.35. The van der Waals surface area contributed by atoms with Gasteiger partial charge in [-0.3, -0.25) is 0 Å². The summed E-state index contributed by atoms with van der Waals surface area (Å²) < 4.78 is 8.09. The van der Waals surface area contributed by atoms with Gasteiger partial charge < -0.3 is 10.5 Å². The Morgan fingerprint density at radius 1 is 1.25 bits per heavy atom. The first-order chi connectivity index (χ1) is 9.63. The van der Waals surface area contributed by atoms with Crippen LogP contribution in [-0.2, 0) is 12.8 Å². The number of benzene rings is 2. The molecule has 1 atom stereocenters. The zero-order chi connectivity index (χ0) is 14.1. The fourth-order valence-corrected chi connectivity index (χ4v) is 3.47. The van der Waals surface area contributed by atoms with E-state index in [1.807, 2.05) is 0 Å². The van der Waals surface area contributed by atoms with Gasteiger partial charge in [-0.25, -0.2) is 0 Å². The number of hydrogen-bond acceptors (Lipinski definition) is 2. The van der Waals surface area contributed by atoms with E-state index in [1.165, 1.54) is 14.7 Å². The predicted octanol–water partition coefficient (Wildman–Crippen LogP) is 4.23. The maximum Gasteiger partial charge on any atom is 0.125 e. The molecule has 0 saturated heterocycles. The highest BCUT2D eigenvalue weighted by molar-refractivity contribution is 14.1. The summed E-state index contributed by atoms with van der Waals surface area (Å²) in [5.41, 5.74) is 9.99. The molecule has 0 radical (unpaired) electrons. The number of fused-ring (bicyclic) bond motifs is 1. The van der Waals surface area contributed by atoms with Gasteiger partial charge in [0.25, 0.3) is 0 Å². The molecule has 0 aromatic heterocycles. The molecule has 2 aromatic carbocycles. The van der Waals surface area contributed by atoms with E-state index in [-0.39, 0.29) is 6.04 Å². The van der Waals surface area contributed by atoms with Crippen molar-refractivity contribution in [3.8, 4) is 5.75 Å². The summed E-state index contributed by atoms with van der Waals surface area (Å²) in [6, 6.07) is 12.7. The third kappa shape index (κ3) is 3.02. The van der Waals surface area contributed by atoms with Crippen LogP contribution in [0.15, 0.2) is 40.9 Å². The van der Waals surface area contributed by atoms with E-state index in [0.29, 0.717) is 0 Å². The summed E-state index contributed by atoms with van der Waals surface area (Å²) >= 11 is 5.88. The summed E-state index contributed by atoms with van der Waals surface area (Å²) in [5, 5.41) is 0. The number of ether oxygens (including phenoxy) is 1. The van der Waals surface area contributed by atoms with Crippen molar-refractivity contribution in [1.29, 1.82) is 0 Å². The molecule has 1 aliphatic rings. The van der Waals surface area contributed by atoms with Crippen LogP contribution in [0.4, 0.5) is 0 Å². The smallest absolute Gasteiger partial charge is 0.125 e. The molecule has 2 aromatic rings. The van der Waals surface area contributed by atoms with Gasteiger partial charge in [-0.05, 0) is 70.0 Å². The zero-order valence-corrected chi connectivity index (χ0v) is 14.6. The topological polar surface area (TPSA) is 35.2 Å². The van der Waals surface area contributed by atoms with E-state index in [2.05, 4.69) is 74.9 Å². The summed E-state index contributed by atoms with van der Waals surface area (Å²) in [6.07, 6.45) is 1.78. The van der Waals surface area contributed by atoms with Crippen molar-refractivity contribution >= 4 is 38.5 Å². The van der Waals surface area contributed by atoms with Crippen LogP contribution >= 0.6 is 38.5 Å². The van der Waals surface area contributed by atoms with E-state index >= 15 is 0 Å². The lowest BCUT2D eigenvalue weighted by atomic mass is 9.97. The van der Waals surface area contributed by atoms with Crippen molar-refractivity contribution in [3.63, 3.8) is 0 Å². The van der Waals surface area contributed by atoms with Crippen LogP contribution in [0.2, 0.25) is 0 Å². The molecule has 1 aliphatic heterocycles. The molecule has 2 N–H and O–H groups in total. The van der Waals surface area contributed by atoms with Gasteiger partial charge >= 0.3 is 0 Å². The van der Waals surface area contributed by atoms with E-state index in [1.54, 1.807) is 0 Å². The minimum Gasteiger partial charge on any atom is -0.493 e. The summed E-state index contributed by atoms with van der Waals surface area (Å²) in [5.74, 6) is 1.04. The van der Waals surface area contributed by atoms with Gasteiger partial charge in [0.15, 0.2) is 0 Å². The molecular formula is C16H15BrINO. The van der Waals surface area contributed by atoms with Gasteiger partial charge in [-0.15, -0.1) is 0 Å². The van der Waals surface area contributed by atoms with Gasteiger partial charge in [0.05, 0.1) is 6.61 Å². The first-order valence-corrected chi connectivity index (χ1v) is 8.46. The second-order valence-corrected chi connectivity index (χ2v) is 7.18. The SMILES string of the molecule is NC(Cc1cc(Br)cc2c1OCC2)c1ccc(I)cc1. The summed E-state index contributed by atoms with van der Waals surface area (Å²) in [4.78, 5) is 0. The highest BCUT2D eigenvalue weighted by Gasteiger charge is 2.19. The Morgan fingerprint density at radius 3 is 2.75 bits per heavy atom. The molecular weight excluding hydrogens is 429 g/mol. The van der Waals surface area contributed by atoms with Gasteiger partial charge in [0, 0.05) is 20.5 Å². The van der Waals surface area contributed by atoms with Gasteiger partial charge in [-0.1, -0.05) is 28.1 Å². The van der Waals surface area contributed by atoms with Crippen molar-refractivity contribution in [3.05, 3.63) is 61.1 Å². The molecule has 104 valence electrons. The Bertz CT molecular complexity index is 627. The third-order valence-electron chi connectivity index (χ3n) is 3.56. The minimum absolute atomic E-state index is 0.00500. The fraction of sp³-hybridized carbons (Fsp3) is 0.250. The Kier molecular flexibility index (Phi) is 4.33. The van der Waals surface area contributed by atoms with Crippen LogP contribution in [0, 0.1) is 3.57 Å². The lowest BCUT2D eigenvalue weighted by Crippen LogP contribution is -2.13. The van der Waals surface area contributed by atoms with Gasteiger partial charge in [-0.2, -0.15) is 0 Å². The molecule has 0 fully saturated rings. The van der Waals surface area contributed by atoms with Crippen LogP contribution < -0.4 is 10.5 Å². The average molecular weight is 444 g/mol. The number of nitrogens with two attached hydrogens (primary N) is 1. The van der Waals surface area contributed by atoms with Crippen molar-refractivity contribution in [1.82, 2.24) is 0 Å². The normalized spacial score (nSPS) is 14.8. The van der Waals surface area contributed by atoms with Crippen LogP contribution in [-0.4, -0.2) is 6.61 Å². The maximum absolute atomic E-state index is 6.35. The van der Waals surface area contributed by atoms with Crippen molar-refractivity contribution in [2.75, 3.05) is 6.61 Å². The lowest BCUT2D eigenvalue weighted by Gasteiger charge is -2.15. The first kappa shape index (κ1) is 14.4. The van der Waals surface area contributed by atoms with Gasteiger partial charge in [0.1, 0.15) is 5.75 Å². The Balaban J connectivity index is 1.86. The van der Waals surface area contributed by atoms with Gasteiger partial charge in [0.2, 0.25) is 0 Å². The van der Waals surface area contributed by atoms with E-state index < -0.39 is 0 Å². The second-order valence-electron chi connectivity index (χ2n) is 5.01. The van der Waals surface area contributed by atoms with Crippen LogP contribution in [0.1, 0.15) is 22.7 Å². The molecule has 1 unspecified atom stereocenters. The minimum atomic E-state index is -0.00500. The number of rotatable bonds is 3. The van der Waals surface area contributed by atoms with Crippen molar-refractivity contribution in [2.24, 2.45) is 5.73 Å². The Labute approximate surface area is 141 Å². The highest BCUT2D eigenvalue weighted by atomic mass is 127. The van der Waals surface area contributed by atoms with Crippen molar-refractivity contribution in [2.45, 2.75) is 18.9 Å².